The van der Waals surface area contributed by atoms with Crippen LogP contribution in [0.3, 0.4) is 0 Å². The quantitative estimate of drug-likeness (QED) is 0.755. The van der Waals surface area contributed by atoms with E-state index in [4.69, 9.17) is 9.84 Å². The molecule has 18 heavy (non-hydrogen) atoms. The van der Waals surface area contributed by atoms with Gasteiger partial charge in [-0.05, 0) is 18.9 Å². The number of rotatable bonds is 4. The van der Waals surface area contributed by atoms with Gasteiger partial charge in [0.15, 0.2) is 0 Å². The van der Waals surface area contributed by atoms with E-state index in [-0.39, 0.29) is 6.03 Å². The molecule has 0 fully saturated rings. The zero-order chi connectivity index (χ0) is 13.7. The number of nitrogens with zero attached hydrogens (tertiary/aromatic N) is 2. The summed E-state index contributed by atoms with van der Waals surface area (Å²) in [7, 11) is 3.15. The molecule has 1 atom stereocenters. The van der Waals surface area contributed by atoms with Crippen molar-refractivity contribution < 1.29 is 19.4 Å². The van der Waals surface area contributed by atoms with Crippen molar-refractivity contribution in [3.63, 3.8) is 0 Å². The van der Waals surface area contributed by atoms with E-state index in [9.17, 15) is 9.59 Å². The molecule has 0 spiro atoms. The predicted octanol–water partition coefficient (Wildman–Crippen LogP) is 0.790. The number of methoxy groups -OCH3 is 1. The normalized spacial score (nSPS) is 17.1. The minimum atomic E-state index is -1.00. The summed E-state index contributed by atoms with van der Waals surface area (Å²) in [5, 5.41) is 8.87. The molecular weight excluding hydrogens is 236 g/mol. The predicted molar refractivity (Wildman–Crippen MR) is 66.4 cm³/mol. The van der Waals surface area contributed by atoms with Gasteiger partial charge in [0.05, 0.1) is 6.61 Å². The standard InChI is InChI=1S/C12H20N2O4/c1-9(11(15)16)13(2)12(17)14-6-4-10(5-7-14)8-18-3/h4,9H,5-8H2,1-3H3,(H,15,16). The van der Waals surface area contributed by atoms with Crippen molar-refractivity contribution in [2.45, 2.75) is 19.4 Å². The Hall–Kier alpha value is -1.56. The van der Waals surface area contributed by atoms with Crippen LogP contribution in [0.2, 0.25) is 0 Å². The van der Waals surface area contributed by atoms with E-state index in [0.717, 1.165) is 6.42 Å². The number of ether oxygens (including phenoxy) is 1. The van der Waals surface area contributed by atoms with Crippen molar-refractivity contribution in [3.05, 3.63) is 11.6 Å². The Morgan fingerprint density at radius 1 is 1.61 bits per heavy atom. The molecule has 0 aromatic carbocycles. The molecule has 1 aliphatic rings. The number of likely N-dealkylation sites (N-methyl/N-ethyl adjacent to an activating group) is 1. The van der Waals surface area contributed by atoms with Crippen LogP contribution in [0.1, 0.15) is 13.3 Å². The van der Waals surface area contributed by atoms with E-state index in [0.29, 0.717) is 19.7 Å². The molecule has 0 saturated heterocycles. The fourth-order valence-electron chi connectivity index (χ4n) is 1.76. The average Bonchev–Trinajstić information content (AvgIpc) is 2.37. The molecule has 102 valence electrons. The van der Waals surface area contributed by atoms with E-state index in [1.54, 1.807) is 12.0 Å². The van der Waals surface area contributed by atoms with Gasteiger partial charge in [-0.25, -0.2) is 9.59 Å². The molecule has 0 aromatic heterocycles. The highest BCUT2D eigenvalue weighted by Gasteiger charge is 2.26. The number of carbonyl (C=O) groups excluding carboxylic acids is 1. The van der Waals surface area contributed by atoms with Crippen molar-refractivity contribution in [2.24, 2.45) is 0 Å². The fraction of sp³-hybridized carbons (Fsp3) is 0.667. The monoisotopic (exact) mass is 256 g/mol. The Balaban J connectivity index is 2.57. The van der Waals surface area contributed by atoms with Gasteiger partial charge in [0, 0.05) is 27.2 Å². The van der Waals surface area contributed by atoms with Crippen LogP contribution < -0.4 is 0 Å². The molecule has 0 aliphatic carbocycles. The topological polar surface area (TPSA) is 70.1 Å². The van der Waals surface area contributed by atoms with Gasteiger partial charge >= 0.3 is 12.0 Å². The molecule has 0 radical (unpaired) electrons. The van der Waals surface area contributed by atoms with Crippen LogP contribution in [0, 0.1) is 0 Å². The van der Waals surface area contributed by atoms with Crippen LogP contribution in [0.15, 0.2) is 11.6 Å². The maximum absolute atomic E-state index is 12.0. The molecule has 1 rings (SSSR count). The van der Waals surface area contributed by atoms with Gasteiger partial charge in [0.1, 0.15) is 6.04 Å². The second kappa shape index (κ2) is 6.39. The molecule has 6 heteroatoms. The molecule has 1 N–H and O–H groups in total. The van der Waals surface area contributed by atoms with Crippen LogP contribution in [0.4, 0.5) is 4.79 Å². The van der Waals surface area contributed by atoms with Crippen molar-refractivity contribution >= 4 is 12.0 Å². The zero-order valence-corrected chi connectivity index (χ0v) is 11.0. The summed E-state index contributed by atoms with van der Waals surface area (Å²) in [6.45, 7) is 3.19. The third-order valence-corrected chi connectivity index (χ3v) is 3.14. The number of carboxylic acids is 1. The lowest BCUT2D eigenvalue weighted by Gasteiger charge is -2.32. The van der Waals surface area contributed by atoms with Gasteiger partial charge in [0.2, 0.25) is 0 Å². The van der Waals surface area contributed by atoms with Crippen molar-refractivity contribution in [1.29, 1.82) is 0 Å². The summed E-state index contributed by atoms with van der Waals surface area (Å²) >= 11 is 0. The summed E-state index contributed by atoms with van der Waals surface area (Å²) in [5.41, 5.74) is 1.18. The first kappa shape index (κ1) is 14.5. The van der Waals surface area contributed by atoms with Crippen molar-refractivity contribution in [2.75, 3.05) is 33.9 Å². The Kier molecular flexibility index (Phi) is 5.15. The van der Waals surface area contributed by atoms with Gasteiger partial charge in [-0.1, -0.05) is 6.08 Å². The van der Waals surface area contributed by atoms with Gasteiger partial charge < -0.3 is 19.6 Å². The summed E-state index contributed by atoms with van der Waals surface area (Å²) in [4.78, 5) is 25.7. The summed E-state index contributed by atoms with van der Waals surface area (Å²) in [6, 6.07) is -1.07. The first-order valence-corrected chi connectivity index (χ1v) is 5.88. The number of hydrogen-bond donors (Lipinski definition) is 1. The van der Waals surface area contributed by atoms with Crippen LogP contribution >= 0.6 is 0 Å². The lowest BCUT2D eigenvalue weighted by atomic mass is 10.1. The SMILES string of the molecule is COCC1=CCN(C(=O)N(C)C(C)C(=O)O)CC1. The van der Waals surface area contributed by atoms with E-state index in [1.807, 2.05) is 6.08 Å². The molecule has 2 amide bonds. The Morgan fingerprint density at radius 3 is 2.72 bits per heavy atom. The number of aliphatic carboxylic acids is 1. The van der Waals surface area contributed by atoms with Crippen molar-refractivity contribution in [3.8, 4) is 0 Å². The number of carbonyl (C=O) groups is 2. The molecule has 0 saturated carbocycles. The molecule has 0 bridgehead atoms. The Bertz CT molecular complexity index is 354. The molecule has 1 unspecified atom stereocenters. The summed E-state index contributed by atoms with van der Waals surface area (Å²) in [5.74, 6) is -1.00. The van der Waals surface area contributed by atoms with Gasteiger partial charge in [-0.2, -0.15) is 0 Å². The van der Waals surface area contributed by atoms with E-state index in [2.05, 4.69) is 0 Å². The minimum Gasteiger partial charge on any atom is -0.480 e. The van der Waals surface area contributed by atoms with E-state index >= 15 is 0 Å². The van der Waals surface area contributed by atoms with Crippen LogP contribution in [-0.2, 0) is 9.53 Å². The lowest BCUT2D eigenvalue weighted by molar-refractivity contribution is -0.141. The third kappa shape index (κ3) is 3.46. The van der Waals surface area contributed by atoms with Crippen LogP contribution in [0.5, 0.6) is 0 Å². The number of amides is 2. The first-order chi connectivity index (χ1) is 8.47. The second-order valence-corrected chi connectivity index (χ2v) is 4.40. The highest BCUT2D eigenvalue weighted by atomic mass is 16.5. The second-order valence-electron chi connectivity index (χ2n) is 4.40. The molecular formula is C12H20N2O4. The largest absolute Gasteiger partial charge is 0.480 e. The number of urea groups is 1. The summed E-state index contributed by atoms with van der Waals surface area (Å²) < 4.78 is 5.03. The third-order valence-electron chi connectivity index (χ3n) is 3.14. The molecule has 1 aliphatic heterocycles. The Morgan fingerprint density at radius 2 is 2.28 bits per heavy atom. The highest BCUT2D eigenvalue weighted by molar-refractivity contribution is 5.82. The number of carboxylic acid groups (broad SMARTS) is 1. The van der Waals surface area contributed by atoms with Crippen molar-refractivity contribution in [1.82, 2.24) is 9.80 Å². The molecule has 1 heterocycles. The van der Waals surface area contributed by atoms with E-state index < -0.39 is 12.0 Å². The average molecular weight is 256 g/mol. The molecule has 0 aromatic rings. The minimum absolute atomic E-state index is 0.252. The smallest absolute Gasteiger partial charge is 0.326 e. The maximum atomic E-state index is 12.0. The fourth-order valence-corrected chi connectivity index (χ4v) is 1.76. The van der Waals surface area contributed by atoms with Crippen LogP contribution in [-0.4, -0.2) is 66.8 Å². The maximum Gasteiger partial charge on any atom is 0.326 e. The molecule has 6 nitrogen and oxygen atoms in total. The van der Waals surface area contributed by atoms with Crippen LogP contribution in [0.25, 0.3) is 0 Å². The summed E-state index contributed by atoms with van der Waals surface area (Å²) in [6.07, 6.45) is 2.74. The van der Waals surface area contributed by atoms with Gasteiger partial charge in [-0.3, -0.25) is 0 Å². The zero-order valence-electron chi connectivity index (χ0n) is 11.0. The lowest BCUT2D eigenvalue weighted by Crippen LogP contribution is -2.49. The number of hydrogen-bond acceptors (Lipinski definition) is 3. The Labute approximate surface area is 107 Å². The van der Waals surface area contributed by atoms with Gasteiger partial charge in [0.25, 0.3) is 0 Å². The van der Waals surface area contributed by atoms with Gasteiger partial charge in [-0.15, -0.1) is 0 Å². The highest BCUT2D eigenvalue weighted by Crippen LogP contribution is 2.13. The first-order valence-electron chi connectivity index (χ1n) is 5.88. The van der Waals surface area contributed by atoms with E-state index in [1.165, 1.54) is 24.4 Å².